The van der Waals surface area contributed by atoms with Crippen LogP contribution in [-0.4, -0.2) is 19.1 Å². The van der Waals surface area contributed by atoms with Crippen LogP contribution in [-0.2, 0) is 16.1 Å². The van der Waals surface area contributed by atoms with Crippen LogP contribution in [0.3, 0.4) is 0 Å². The first-order valence-corrected chi connectivity index (χ1v) is 6.35. The van der Waals surface area contributed by atoms with Gasteiger partial charge in [0.2, 0.25) is 0 Å². The minimum absolute atomic E-state index is 0.0317. The van der Waals surface area contributed by atoms with Crippen molar-refractivity contribution in [3.63, 3.8) is 0 Å². The highest BCUT2D eigenvalue weighted by Gasteiger charge is 2.24. The van der Waals surface area contributed by atoms with Crippen molar-refractivity contribution < 1.29 is 22.7 Å². The zero-order valence-electron chi connectivity index (χ0n) is 11.7. The average Bonchev–Trinajstić information content (AvgIpc) is 2.43. The van der Waals surface area contributed by atoms with Crippen molar-refractivity contribution in [1.82, 2.24) is 5.32 Å². The summed E-state index contributed by atoms with van der Waals surface area (Å²) < 4.78 is 44.0. The Bertz CT molecular complexity index is 480. The van der Waals surface area contributed by atoms with E-state index in [0.29, 0.717) is 12.5 Å². The Morgan fingerprint density at radius 2 is 1.85 bits per heavy atom. The lowest BCUT2D eigenvalue weighted by Crippen LogP contribution is -2.42. The van der Waals surface area contributed by atoms with E-state index < -0.39 is 29.5 Å². The molecular weight excluding hydrogens is 271 g/mol. The van der Waals surface area contributed by atoms with Gasteiger partial charge in [-0.2, -0.15) is 0 Å². The van der Waals surface area contributed by atoms with Crippen LogP contribution in [0.4, 0.5) is 13.2 Å². The predicted molar refractivity (Wildman–Crippen MR) is 68.4 cm³/mol. The Kier molecular flexibility index (Phi) is 6.01. The van der Waals surface area contributed by atoms with E-state index in [9.17, 15) is 18.0 Å². The third kappa shape index (κ3) is 3.96. The van der Waals surface area contributed by atoms with Crippen molar-refractivity contribution in [3.8, 4) is 0 Å². The highest BCUT2D eigenvalue weighted by Crippen LogP contribution is 2.15. The van der Waals surface area contributed by atoms with E-state index in [0.717, 1.165) is 6.07 Å². The maximum absolute atomic E-state index is 13.5. The van der Waals surface area contributed by atoms with Gasteiger partial charge in [-0.1, -0.05) is 20.3 Å². The van der Waals surface area contributed by atoms with Gasteiger partial charge < -0.3 is 4.74 Å². The van der Waals surface area contributed by atoms with Crippen LogP contribution >= 0.6 is 0 Å². The molecule has 1 aromatic carbocycles. The number of ether oxygens (including phenoxy) is 1. The summed E-state index contributed by atoms with van der Waals surface area (Å²) in [4.78, 5) is 11.6. The fourth-order valence-electron chi connectivity index (χ4n) is 1.80. The zero-order valence-corrected chi connectivity index (χ0v) is 11.7. The number of carbonyl (C=O) groups excluding carboxylic acids is 1. The average molecular weight is 289 g/mol. The summed E-state index contributed by atoms with van der Waals surface area (Å²) >= 11 is 0. The quantitative estimate of drug-likeness (QED) is 0.646. The standard InChI is InChI=1S/C14H18F3NO2/c1-4-8(2)13(14(19)20-3)18-7-9-5-11(16)12(17)6-10(9)15/h5-6,8,13,18H,4,7H2,1-3H3. The SMILES string of the molecule is CCC(C)C(NCc1cc(F)c(F)cc1F)C(=O)OC. The number of hydrogen-bond donors (Lipinski definition) is 1. The molecule has 112 valence electrons. The van der Waals surface area contributed by atoms with E-state index in [-0.39, 0.29) is 18.0 Å². The molecule has 0 aliphatic heterocycles. The van der Waals surface area contributed by atoms with Gasteiger partial charge in [0.25, 0.3) is 0 Å². The van der Waals surface area contributed by atoms with Crippen LogP contribution < -0.4 is 5.32 Å². The molecule has 6 heteroatoms. The number of halogens is 3. The largest absolute Gasteiger partial charge is 0.468 e. The Morgan fingerprint density at radius 1 is 1.25 bits per heavy atom. The monoisotopic (exact) mass is 289 g/mol. The number of benzene rings is 1. The molecule has 2 unspecified atom stereocenters. The molecule has 0 heterocycles. The Labute approximate surface area is 116 Å². The summed E-state index contributed by atoms with van der Waals surface area (Å²) in [7, 11) is 1.26. The van der Waals surface area contributed by atoms with Gasteiger partial charge in [0.15, 0.2) is 11.6 Å². The molecule has 3 nitrogen and oxygen atoms in total. The van der Waals surface area contributed by atoms with Gasteiger partial charge in [0.1, 0.15) is 11.9 Å². The Balaban J connectivity index is 2.82. The van der Waals surface area contributed by atoms with Gasteiger partial charge in [-0.25, -0.2) is 13.2 Å². The summed E-state index contributed by atoms with van der Waals surface area (Å²) in [6.45, 7) is 3.66. The number of methoxy groups -OCH3 is 1. The summed E-state index contributed by atoms with van der Waals surface area (Å²) in [5.74, 6) is -3.72. The number of rotatable bonds is 6. The number of hydrogen-bond acceptors (Lipinski definition) is 3. The third-order valence-corrected chi connectivity index (χ3v) is 3.27. The van der Waals surface area contributed by atoms with E-state index in [1.165, 1.54) is 7.11 Å². The van der Waals surface area contributed by atoms with Crippen molar-refractivity contribution in [2.24, 2.45) is 5.92 Å². The summed E-state index contributed by atoms with van der Waals surface area (Å²) in [5.41, 5.74) is -0.0406. The number of esters is 1. The maximum atomic E-state index is 13.5. The highest BCUT2D eigenvalue weighted by atomic mass is 19.2. The lowest BCUT2D eigenvalue weighted by Gasteiger charge is -2.22. The molecule has 20 heavy (non-hydrogen) atoms. The second-order valence-electron chi connectivity index (χ2n) is 4.62. The van der Waals surface area contributed by atoms with Gasteiger partial charge in [0, 0.05) is 18.2 Å². The second kappa shape index (κ2) is 7.28. The van der Waals surface area contributed by atoms with Crippen molar-refractivity contribution in [3.05, 3.63) is 35.1 Å². The Hall–Kier alpha value is -1.56. The topological polar surface area (TPSA) is 38.3 Å². The molecule has 0 amide bonds. The minimum atomic E-state index is -1.24. The van der Waals surface area contributed by atoms with Gasteiger partial charge in [-0.3, -0.25) is 10.1 Å². The first kappa shape index (κ1) is 16.5. The van der Waals surface area contributed by atoms with Crippen LogP contribution in [0.1, 0.15) is 25.8 Å². The lowest BCUT2D eigenvalue weighted by molar-refractivity contribution is -0.144. The summed E-state index contributed by atoms with van der Waals surface area (Å²) in [5, 5.41) is 2.82. The number of carbonyl (C=O) groups is 1. The first-order valence-electron chi connectivity index (χ1n) is 6.35. The molecular formula is C14H18F3NO2. The Morgan fingerprint density at radius 3 is 2.40 bits per heavy atom. The molecule has 0 saturated heterocycles. The molecule has 0 spiro atoms. The summed E-state index contributed by atoms with van der Waals surface area (Å²) in [6, 6.07) is 0.642. The molecule has 2 atom stereocenters. The van der Waals surface area contributed by atoms with Crippen LogP contribution in [0, 0.1) is 23.4 Å². The molecule has 0 aliphatic carbocycles. The molecule has 0 fully saturated rings. The molecule has 1 N–H and O–H groups in total. The molecule has 0 aromatic heterocycles. The van der Waals surface area contributed by atoms with Gasteiger partial charge in [0.05, 0.1) is 7.11 Å². The zero-order chi connectivity index (χ0) is 15.3. The molecule has 0 bridgehead atoms. The van der Waals surface area contributed by atoms with Crippen molar-refractivity contribution in [2.45, 2.75) is 32.9 Å². The van der Waals surface area contributed by atoms with Crippen LogP contribution in [0.2, 0.25) is 0 Å². The van der Waals surface area contributed by atoms with Crippen molar-refractivity contribution >= 4 is 5.97 Å². The van der Waals surface area contributed by atoms with Crippen molar-refractivity contribution in [2.75, 3.05) is 7.11 Å². The highest BCUT2D eigenvalue weighted by molar-refractivity contribution is 5.75. The molecule has 0 aliphatic rings. The molecule has 0 radical (unpaired) electrons. The van der Waals surface area contributed by atoms with Crippen molar-refractivity contribution in [1.29, 1.82) is 0 Å². The third-order valence-electron chi connectivity index (χ3n) is 3.27. The van der Waals surface area contributed by atoms with E-state index >= 15 is 0 Å². The fourth-order valence-corrected chi connectivity index (χ4v) is 1.80. The van der Waals surface area contributed by atoms with E-state index in [1.54, 1.807) is 0 Å². The smallest absolute Gasteiger partial charge is 0.323 e. The normalized spacial score (nSPS) is 13.9. The lowest BCUT2D eigenvalue weighted by atomic mass is 9.99. The van der Waals surface area contributed by atoms with Gasteiger partial charge >= 0.3 is 5.97 Å². The first-order chi connectivity index (χ1) is 9.40. The van der Waals surface area contributed by atoms with Crippen LogP contribution in [0.25, 0.3) is 0 Å². The second-order valence-corrected chi connectivity index (χ2v) is 4.62. The van der Waals surface area contributed by atoms with Gasteiger partial charge in [-0.15, -0.1) is 0 Å². The molecule has 1 aromatic rings. The van der Waals surface area contributed by atoms with E-state index in [1.807, 2.05) is 13.8 Å². The summed E-state index contributed by atoms with van der Waals surface area (Å²) in [6.07, 6.45) is 0.715. The molecule has 0 saturated carbocycles. The van der Waals surface area contributed by atoms with E-state index in [4.69, 9.17) is 0 Å². The maximum Gasteiger partial charge on any atom is 0.323 e. The van der Waals surface area contributed by atoms with E-state index in [2.05, 4.69) is 10.1 Å². The number of nitrogens with one attached hydrogen (secondary N) is 1. The van der Waals surface area contributed by atoms with Gasteiger partial charge in [-0.05, 0) is 12.0 Å². The predicted octanol–water partition coefficient (Wildman–Crippen LogP) is 2.78. The molecule has 1 rings (SSSR count). The minimum Gasteiger partial charge on any atom is -0.468 e. The van der Waals surface area contributed by atoms with Crippen LogP contribution in [0.5, 0.6) is 0 Å². The fraction of sp³-hybridized carbons (Fsp3) is 0.500. The van der Waals surface area contributed by atoms with Crippen LogP contribution in [0.15, 0.2) is 12.1 Å².